The highest BCUT2D eigenvalue weighted by atomic mass is 32.1. The van der Waals surface area contributed by atoms with Crippen molar-refractivity contribution >= 4 is 39.5 Å². The molecule has 84 valence electrons. The molecule has 1 aromatic carbocycles. The Labute approximate surface area is 103 Å². The topological polar surface area (TPSA) is 28.3 Å². The molecule has 3 nitrogen and oxygen atoms in total. The van der Waals surface area contributed by atoms with E-state index in [0.717, 1.165) is 35.8 Å². The van der Waals surface area contributed by atoms with Gasteiger partial charge in [-0.3, -0.25) is 0 Å². The third-order valence-corrected chi connectivity index (χ3v) is 3.99. The number of aromatic nitrogens is 1. The van der Waals surface area contributed by atoms with Gasteiger partial charge in [0.15, 0.2) is 3.95 Å². The molecule has 0 spiro atoms. The molecule has 1 N–H and O–H groups in total. The van der Waals surface area contributed by atoms with Crippen molar-refractivity contribution in [3.8, 4) is 0 Å². The van der Waals surface area contributed by atoms with Gasteiger partial charge in [0, 0.05) is 18.8 Å². The lowest BCUT2D eigenvalue weighted by Crippen LogP contribution is -2.36. The lowest BCUT2D eigenvalue weighted by Gasteiger charge is -2.28. The van der Waals surface area contributed by atoms with Crippen LogP contribution in [-0.4, -0.2) is 31.3 Å². The average Bonchev–Trinajstić information content (AvgIpc) is 2.69. The zero-order valence-electron chi connectivity index (χ0n) is 8.73. The molecule has 1 aliphatic rings. The molecule has 0 unspecified atom stereocenters. The summed E-state index contributed by atoms with van der Waals surface area (Å²) in [5, 5.41) is 0. The van der Waals surface area contributed by atoms with E-state index in [1.54, 1.807) is 11.3 Å². The van der Waals surface area contributed by atoms with Gasteiger partial charge in [0.2, 0.25) is 0 Å². The smallest absolute Gasteiger partial charge is 0.159 e. The van der Waals surface area contributed by atoms with Crippen LogP contribution in [0.1, 0.15) is 0 Å². The maximum absolute atomic E-state index is 5.35. The Morgan fingerprint density at radius 3 is 2.94 bits per heavy atom. The standard InChI is InChI=1S/C11H12N2OS2/c15-11-12-9-7-8(1-2-10(9)16-11)13-3-5-14-6-4-13/h1-2,7H,3-6H2,(H,12,15). The normalized spacial score (nSPS) is 16.9. The molecule has 1 saturated heterocycles. The van der Waals surface area contributed by atoms with Gasteiger partial charge in [-0.05, 0) is 30.4 Å². The van der Waals surface area contributed by atoms with E-state index >= 15 is 0 Å². The third kappa shape index (κ3) is 1.86. The van der Waals surface area contributed by atoms with E-state index in [4.69, 9.17) is 17.0 Å². The van der Waals surface area contributed by atoms with E-state index in [1.807, 2.05) is 0 Å². The van der Waals surface area contributed by atoms with Gasteiger partial charge in [0.05, 0.1) is 23.4 Å². The van der Waals surface area contributed by atoms with E-state index < -0.39 is 0 Å². The van der Waals surface area contributed by atoms with Gasteiger partial charge in [-0.1, -0.05) is 0 Å². The Morgan fingerprint density at radius 1 is 1.31 bits per heavy atom. The zero-order valence-corrected chi connectivity index (χ0v) is 10.4. The summed E-state index contributed by atoms with van der Waals surface area (Å²) in [6.45, 7) is 3.57. The maximum Gasteiger partial charge on any atom is 0.159 e. The zero-order chi connectivity index (χ0) is 11.0. The number of rotatable bonds is 1. The Morgan fingerprint density at radius 2 is 2.12 bits per heavy atom. The van der Waals surface area contributed by atoms with Crippen LogP contribution >= 0.6 is 23.6 Å². The summed E-state index contributed by atoms with van der Waals surface area (Å²) in [6, 6.07) is 6.47. The highest BCUT2D eigenvalue weighted by molar-refractivity contribution is 7.73. The van der Waals surface area contributed by atoms with Crippen LogP contribution in [0.25, 0.3) is 10.2 Å². The minimum Gasteiger partial charge on any atom is -0.378 e. The van der Waals surface area contributed by atoms with Crippen LogP contribution in [0.15, 0.2) is 18.2 Å². The minimum atomic E-state index is 0.817. The van der Waals surface area contributed by atoms with Gasteiger partial charge in [-0.15, -0.1) is 11.3 Å². The Kier molecular flexibility index (Phi) is 2.67. The molecule has 2 aromatic rings. The summed E-state index contributed by atoms with van der Waals surface area (Å²) in [5.41, 5.74) is 2.39. The number of H-pyrrole nitrogens is 1. The first-order chi connectivity index (χ1) is 7.83. The van der Waals surface area contributed by atoms with E-state index in [-0.39, 0.29) is 0 Å². The van der Waals surface area contributed by atoms with Crippen LogP contribution in [0.2, 0.25) is 0 Å². The number of anilines is 1. The second-order valence-corrected chi connectivity index (χ2v) is 5.51. The summed E-state index contributed by atoms with van der Waals surface area (Å²) >= 11 is 6.77. The molecule has 0 radical (unpaired) electrons. The molecule has 5 heteroatoms. The predicted molar refractivity (Wildman–Crippen MR) is 70.0 cm³/mol. The van der Waals surface area contributed by atoms with E-state index in [2.05, 4.69) is 28.1 Å². The van der Waals surface area contributed by atoms with Crippen molar-refractivity contribution in [2.45, 2.75) is 0 Å². The number of ether oxygens (including phenoxy) is 1. The summed E-state index contributed by atoms with van der Waals surface area (Å²) < 4.78 is 7.41. The number of fused-ring (bicyclic) bond motifs is 1. The molecule has 0 bridgehead atoms. The van der Waals surface area contributed by atoms with Crippen LogP contribution in [0.5, 0.6) is 0 Å². The number of benzene rings is 1. The molecule has 1 fully saturated rings. The molecule has 0 atom stereocenters. The first kappa shape index (κ1) is 10.3. The minimum absolute atomic E-state index is 0.817. The fraction of sp³-hybridized carbons (Fsp3) is 0.364. The van der Waals surface area contributed by atoms with Crippen molar-refractivity contribution in [2.75, 3.05) is 31.2 Å². The lowest BCUT2D eigenvalue weighted by molar-refractivity contribution is 0.122. The fourth-order valence-electron chi connectivity index (χ4n) is 1.96. The molecule has 2 heterocycles. The summed E-state index contributed by atoms with van der Waals surface area (Å²) in [5.74, 6) is 0. The van der Waals surface area contributed by atoms with Gasteiger partial charge in [0.1, 0.15) is 0 Å². The van der Waals surface area contributed by atoms with Gasteiger partial charge < -0.3 is 14.6 Å². The third-order valence-electron chi connectivity index (χ3n) is 2.78. The first-order valence-corrected chi connectivity index (χ1v) is 6.51. The molecule has 3 rings (SSSR count). The number of hydrogen-bond donors (Lipinski definition) is 1. The largest absolute Gasteiger partial charge is 0.378 e. The number of morpholine rings is 1. The Bertz CT molecular complexity index is 554. The highest BCUT2D eigenvalue weighted by Gasteiger charge is 2.11. The SMILES string of the molecule is S=c1[nH]c2cc(N3CCOCC3)ccc2s1. The van der Waals surface area contributed by atoms with Crippen molar-refractivity contribution < 1.29 is 4.74 Å². The molecule has 16 heavy (non-hydrogen) atoms. The number of thiazole rings is 1. The molecular weight excluding hydrogens is 240 g/mol. The monoisotopic (exact) mass is 252 g/mol. The number of aromatic amines is 1. The average molecular weight is 252 g/mol. The lowest BCUT2D eigenvalue weighted by atomic mass is 10.2. The van der Waals surface area contributed by atoms with E-state index in [9.17, 15) is 0 Å². The second kappa shape index (κ2) is 4.16. The first-order valence-electron chi connectivity index (χ1n) is 5.28. The van der Waals surface area contributed by atoms with Crippen LogP contribution in [0.4, 0.5) is 5.69 Å². The number of nitrogens with zero attached hydrogens (tertiary/aromatic N) is 1. The maximum atomic E-state index is 5.35. The summed E-state index contributed by atoms with van der Waals surface area (Å²) in [7, 11) is 0. The summed E-state index contributed by atoms with van der Waals surface area (Å²) in [6.07, 6.45) is 0. The van der Waals surface area contributed by atoms with Crippen LogP contribution in [0.3, 0.4) is 0 Å². The van der Waals surface area contributed by atoms with Crippen molar-refractivity contribution in [1.82, 2.24) is 4.98 Å². The van der Waals surface area contributed by atoms with Crippen molar-refractivity contribution in [2.24, 2.45) is 0 Å². The second-order valence-electron chi connectivity index (χ2n) is 3.79. The van der Waals surface area contributed by atoms with Crippen molar-refractivity contribution in [3.63, 3.8) is 0 Å². The fourth-order valence-corrected chi connectivity index (χ4v) is 3.05. The van der Waals surface area contributed by atoms with Gasteiger partial charge >= 0.3 is 0 Å². The number of hydrogen-bond acceptors (Lipinski definition) is 4. The Hall–Kier alpha value is -0.910. The van der Waals surface area contributed by atoms with E-state index in [1.165, 1.54) is 10.4 Å². The molecule has 0 aliphatic carbocycles. The van der Waals surface area contributed by atoms with Crippen LogP contribution in [-0.2, 0) is 4.74 Å². The van der Waals surface area contributed by atoms with Gasteiger partial charge in [-0.2, -0.15) is 0 Å². The van der Waals surface area contributed by atoms with Crippen LogP contribution in [0, 0.1) is 3.95 Å². The van der Waals surface area contributed by atoms with Gasteiger partial charge in [-0.25, -0.2) is 0 Å². The summed E-state index contributed by atoms with van der Waals surface area (Å²) in [4.78, 5) is 5.56. The molecule has 0 amide bonds. The van der Waals surface area contributed by atoms with Gasteiger partial charge in [0.25, 0.3) is 0 Å². The predicted octanol–water partition coefficient (Wildman–Crippen LogP) is 2.80. The van der Waals surface area contributed by atoms with Crippen molar-refractivity contribution in [1.29, 1.82) is 0 Å². The molecule has 1 aromatic heterocycles. The molecule has 1 aliphatic heterocycles. The highest BCUT2D eigenvalue weighted by Crippen LogP contribution is 2.25. The van der Waals surface area contributed by atoms with E-state index in [0.29, 0.717) is 0 Å². The molecular formula is C11H12N2OS2. The van der Waals surface area contributed by atoms with Crippen molar-refractivity contribution in [3.05, 3.63) is 22.2 Å². The quantitative estimate of drug-likeness (QED) is 0.791. The molecule has 0 saturated carbocycles. The number of nitrogens with one attached hydrogen (secondary N) is 1. The van der Waals surface area contributed by atoms with Crippen LogP contribution < -0.4 is 4.90 Å². The Balaban J connectivity index is 2.00.